The third-order valence-electron chi connectivity index (χ3n) is 3.31. The smallest absolute Gasteiger partial charge is 0.287 e. The summed E-state index contributed by atoms with van der Waals surface area (Å²) in [5, 5.41) is 21.8. The van der Waals surface area contributed by atoms with Gasteiger partial charge in [0.25, 0.3) is 5.91 Å². The summed E-state index contributed by atoms with van der Waals surface area (Å²) in [7, 11) is 6.18. The first-order valence-electron chi connectivity index (χ1n) is 7.26. The number of phenolic OH excluding ortho intramolecular Hbond substituents is 2. The predicted octanol–water partition coefficient (Wildman–Crippen LogP) is 1.03. The number of hydrogen-bond acceptors (Lipinski definition) is 5. The van der Waals surface area contributed by atoms with Crippen molar-refractivity contribution in [1.29, 1.82) is 0 Å². The lowest BCUT2D eigenvalue weighted by molar-refractivity contribution is -0.870. The van der Waals surface area contributed by atoms with E-state index in [1.807, 2.05) is 0 Å². The maximum atomic E-state index is 12.1. The van der Waals surface area contributed by atoms with Crippen molar-refractivity contribution in [2.75, 3.05) is 34.2 Å². The summed E-state index contributed by atoms with van der Waals surface area (Å²) in [5.41, 5.74) is -0.577. The molecular formula is C16H21N2O5+. The molecule has 0 aliphatic heterocycles. The molecule has 0 bridgehead atoms. The minimum Gasteiger partial charge on any atom is -0.508 e. The van der Waals surface area contributed by atoms with Crippen LogP contribution >= 0.6 is 0 Å². The lowest BCUT2D eigenvalue weighted by Crippen LogP contribution is -2.37. The van der Waals surface area contributed by atoms with Crippen molar-refractivity contribution in [3.8, 4) is 11.5 Å². The second kappa shape index (κ2) is 6.29. The molecule has 0 aliphatic rings. The number of nitrogens with one attached hydrogen (secondary N) is 1. The molecule has 1 aromatic heterocycles. The van der Waals surface area contributed by atoms with E-state index >= 15 is 0 Å². The Labute approximate surface area is 133 Å². The highest BCUT2D eigenvalue weighted by Gasteiger charge is 2.15. The van der Waals surface area contributed by atoms with E-state index < -0.39 is 11.3 Å². The molecule has 124 valence electrons. The van der Waals surface area contributed by atoms with E-state index in [9.17, 15) is 19.8 Å². The zero-order valence-corrected chi connectivity index (χ0v) is 13.4. The van der Waals surface area contributed by atoms with Gasteiger partial charge in [-0.3, -0.25) is 9.59 Å². The number of carbonyl (C=O) groups excluding carboxylic acids is 1. The number of nitrogens with zero attached hydrogens (tertiary/aromatic N) is 1. The van der Waals surface area contributed by atoms with Crippen molar-refractivity contribution in [2.45, 2.75) is 6.42 Å². The van der Waals surface area contributed by atoms with Crippen molar-refractivity contribution < 1.29 is 23.9 Å². The fraction of sp³-hybridized carbons (Fsp3) is 0.375. The summed E-state index contributed by atoms with van der Waals surface area (Å²) in [6, 6.07) is 3.27. The minimum absolute atomic E-state index is 0.0356. The zero-order valence-electron chi connectivity index (χ0n) is 13.4. The first kappa shape index (κ1) is 16.8. The molecule has 0 atom stereocenters. The second-order valence-corrected chi connectivity index (χ2v) is 6.44. The summed E-state index contributed by atoms with van der Waals surface area (Å²) in [6.07, 6.45) is 0.786. The first-order chi connectivity index (χ1) is 10.7. The second-order valence-electron chi connectivity index (χ2n) is 6.44. The molecular weight excluding hydrogens is 300 g/mol. The van der Waals surface area contributed by atoms with Crippen molar-refractivity contribution in [3.05, 3.63) is 34.2 Å². The van der Waals surface area contributed by atoms with Crippen LogP contribution in [-0.4, -0.2) is 54.8 Å². The molecule has 3 N–H and O–H groups in total. The van der Waals surface area contributed by atoms with Gasteiger partial charge in [0, 0.05) is 31.2 Å². The molecule has 0 spiro atoms. The Morgan fingerprint density at radius 1 is 1.22 bits per heavy atom. The van der Waals surface area contributed by atoms with Crippen LogP contribution in [0, 0.1) is 0 Å². The number of benzene rings is 1. The van der Waals surface area contributed by atoms with Crippen LogP contribution in [0.5, 0.6) is 11.5 Å². The van der Waals surface area contributed by atoms with E-state index in [-0.39, 0.29) is 28.2 Å². The summed E-state index contributed by atoms with van der Waals surface area (Å²) in [6.45, 7) is 1.35. The van der Waals surface area contributed by atoms with Crippen LogP contribution in [-0.2, 0) is 0 Å². The molecule has 0 saturated heterocycles. The number of aromatic hydroxyl groups is 2. The Bertz CT molecular complexity index is 789. The van der Waals surface area contributed by atoms with Crippen molar-refractivity contribution in [1.82, 2.24) is 5.32 Å². The lowest BCUT2D eigenvalue weighted by Gasteiger charge is -2.23. The van der Waals surface area contributed by atoms with E-state index in [0.29, 0.717) is 6.54 Å². The molecule has 7 nitrogen and oxygen atoms in total. The van der Waals surface area contributed by atoms with Gasteiger partial charge in [-0.15, -0.1) is 0 Å². The van der Waals surface area contributed by atoms with E-state index in [2.05, 4.69) is 26.5 Å². The topological polar surface area (TPSA) is 99.8 Å². The van der Waals surface area contributed by atoms with Crippen LogP contribution in [0.4, 0.5) is 0 Å². The maximum Gasteiger partial charge on any atom is 0.287 e. The van der Waals surface area contributed by atoms with Gasteiger partial charge in [-0.25, -0.2) is 0 Å². The largest absolute Gasteiger partial charge is 0.508 e. The molecule has 1 amide bonds. The molecule has 2 aromatic rings. The average molecular weight is 321 g/mol. The molecule has 7 heteroatoms. The van der Waals surface area contributed by atoms with Crippen molar-refractivity contribution in [2.24, 2.45) is 0 Å². The molecule has 1 heterocycles. The van der Waals surface area contributed by atoms with Gasteiger partial charge < -0.3 is 24.4 Å². The Kier molecular flexibility index (Phi) is 4.60. The Hall–Kier alpha value is -2.54. The van der Waals surface area contributed by atoms with E-state index in [1.165, 1.54) is 6.07 Å². The number of hydrogen-bond donors (Lipinski definition) is 3. The third kappa shape index (κ3) is 4.23. The zero-order chi connectivity index (χ0) is 17.2. The van der Waals surface area contributed by atoms with Crippen LogP contribution in [0.3, 0.4) is 0 Å². The monoisotopic (exact) mass is 321 g/mol. The first-order valence-corrected chi connectivity index (χ1v) is 7.26. The highest BCUT2D eigenvalue weighted by Crippen LogP contribution is 2.27. The fourth-order valence-electron chi connectivity index (χ4n) is 2.21. The Morgan fingerprint density at radius 2 is 1.91 bits per heavy atom. The highest BCUT2D eigenvalue weighted by atomic mass is 16.3. The molecule has 23 heavy (non-hydrogen) atoms. The van der Waals surface area contributed by atoms with Crippen LogP contribution in [0.25, 0.3) is 11.0 Å². The van der Waals surface area contributed by atoms with Crippen LogP contribution in [0.15, 0.2) is 27.4 Å². The van der Waals surface area contributed by atoms with Crippen LogP contribution < -0.4 is 10.7 Å². The van der Waals surface area contributed by atoms with Crippen molar-refractivity contribution >= 4 is 16.9 Å². The standard InChI is InChI=1S/C16H20N2O5/c1-18(2,3)6-4-5-17-16(22)14-9-12(21)15-11(20)7-10(19)8-13(15)23-14/h7-9H,4-6H2,1-3H3,(H2-,17,19,20,21,22)/p+1. The number of quaternary nitrogens is 1. The third-order valence-corrected chi connectivity index (χ3v) is 3.31. The van der Waals surface area contributed by atoms with E-state index in [0.717, 1.165) is 29.6 Å². The van der Waals surface area contributed by atoms with Gasteiger partial charge >= 0.3 is 0 Å². The number of rotatable bonds is 5. The lowest BCUT2D eigenvalue weighted by atomic mass is 10.2. The normalized spacial score (nSPS) is 11.6. The molecule has 0 saturated carbocycles. The van der Waals surface area contributed by atoms with Gasteiger partial charge in [0.1, 0.15) is 22.5 Å². The quantitative estimate of drug-likeness (QED) is 0.564. The van der Waals surface area contributed by atoms with Gasteiger partial charge in [0.05, 0.1) is 27.7 Å². The Balaban J connectivity index is 2.17. The SMILES string of the molecule is C[N+](C)(C)CCCNC(=O)c1cc(=O)c2c(O)cc(O)cc2o1. The molecule has 0 fully saturated rings. The summed E-state index contributed by atoms with van der Waals surface area (Å²) in [4.78, 5) is 24.1. The summed E-state index contributed by atoms with van der Waals surface area (Å²) in [5.74, 6) is -1.30. The van der Waals surface area contributed by atoms with Gasteiger partial charge in [0.15, 0.2) is 11.2 Å². The van der Waals surface area contributed by atoms with Crippen LogP contribution in [0.2, 0.25) is 0 Å². The number of phenols is 2. The van der Waals surface area contributed by atoms with Gasteiger partial charge in [-0.2, -0.15) is 0 Å². The summed E-state index contributed by atoms with van der Waals surface area (Å²) >= 11 is 0. The van der Waals surface area contributed by atoms with Gasteiger partial charge in [0.2, 0.25) is 0 Å². The fourth-order valence-corrected chi connectivity index (χ4v) is 2.21. The number of carbonyl (C=O) groups is 1. The molecule has 1 aromatic carbocycles. The average Bonchev–Trinajstić information content (AvgIpc) is 2.40. The minimum atomic E-state index is -0.541. The van der Waals surface area contributed by atoms with E-state index in [1.54, 1.807) is 0 Å². The van der Waals surface area contributed by atoms with Crippen LogP contribution in [0.1, 0.15) is 17.0 Å². The van der Waals surface area contributed by atoms with Gasteiger partial charge in [-0.1, -0.05) is 0 Å². The molecule has 0 unspecified atom stereocenters. The number of fused-ring (bicyclic) bond motifs is 1. The molecule has 0 aliphatic carbocycles. The summed E-state index contributed by atoms with van der Waals surface area (Å²) < 4.78 is 6.12. The predicted molar refractivity (Wildman–Crippen MR) is 85.7 cm³/mol. The molecule has 0 radical (unpaired) electrons. The Morgan fingerprint density at radius 3 is 2.57 bits per heavy atom. The molecule has 2 rings (SSSR count). The van der Waals surface area contributed by atoms with E-state index in [4.69, 9.17) is 4.42 Å². The van der Waals surface area contributed by atoms with Gasteiger partial charge in [-0.05, 0) is 0 Å². The van der Waals surface area contributed by atoms with Crippen molar-refractivity contribution in [3.63, 3.8) is 0 Å². The maximum absolute atomic E-state index is 12.1. The number of amides is 1. The highest BCUT2D eigenvalue weighted by molar-refractivity contribution is 5.94.